The number of carbonyl (C=O) groups is 1. The molecule has 1 rings (SSSR count). The molecule has 0 aromatic heterocycles. The molecule has 1 N–H and O–H groups in total. The zero-order valence-corrected chi connectivity index (χ0v) is 7.05. The summed E-state index contributed by atoms with van der Waals surface area (Å²) in [7, 11) is 2.13. The van der Waals surface area contributed by atoms with Gasteiger partial charge in [-0.1, -0.05) is 0 Å². The van der Waals surface area contributed by atoms with Gasteiger partial charge >= 0.3 is 0 Å². The minimum Gasteiger partial charge on any atom is -0.358 e. The van der Waals surface area contributed by atoms with Gasteiger partial charge in [0.05, 0.1) is 0 Å². The van der Waals surface area contributed by atoms with Gasteiger partial charge in [0.1, 0.15) is 0 Å². The number of nitrogens with one attached hydrogen (secondary N) is 1. The third-order valence-electron chi connectivity index (χ3n) is 2.21. The van der Waals surface area contributed by atoms with Crippen LogP contribution in [0, 0.1) is 5.92 Å². The predicted octanol–water partition coefficient (Wildman–Crippen LogP) is 0.0742. The minimum absolute atomic E-state index is 0.666. The van der Waals surface area contributed by atoms with Crippen molar-refractivity contribution in [2.24, 2.45) is 5.92 Å². The van der Waals surface area contributed by atoms with Crippen LogP contribution >= 0.6 is 0 Å². The normalized spacial score (nSPS) is 26.5. The van der Waals surface area contributed by atoms with Crippen LogP contribution in [0.15, 0.2) is 0 Å². The molecule has 64 valence electrons. The third kappa shape index (κ3) is 2.89. The van der Waals surface area contributed by atoms with E-state index in [2.05, 4.69) is 17.3 Å². The Morgan fingerprint density at radius 3 is 3.18 bits per heavy atom. The van der Waals surface area contributed by atoms with Gasteiger partial charge in [-0.25, -0.2) is 0 Å². The highest BCUT2D eigenvalue weighted by Gasteiger charge is 2.15. The molecule has 1 unspecified atom stereocenters. The molecule has 1 aliphatic rings. The molecule has 0 aliphatic carbocycles. The van der Waals surface area contributed by atoms with Crippen LogP contribution in [0.3, 0.4) is 0 Å². The van der Waals surface area contributed by atoms with Crippen LogP contribution in [-0.4, -0.2) is 38.0 Å². The molecule has 1 atom stereocenters. The molecule has 1 heterocycles. The van der Waals surface area contributed by atoms with E-state index >= 15 is 0 Å². The van der Waals surface area contributed by atoms with Gasteiger partial charge in [0.2, 0.25) is 6.41 Å². The second kappa shape index (κ2) is 4.34. The summed E-state index contributed by atoms with van der Waals surface area (Å²) in [6.07, 6.45) is 3.31. The fourth-order valence-corrected chi connectivity index (χ4v) is 1.65. The fraction of sp³-hybridized carbons (Fsp3) is 0.875. The van der Waals surface area contributed by atoms with E-state index in [1.165, 1.54) is 19.4 Å². The molecule has 0 bridgehead atoms. The molecule has 3 heteroatoms. The lowest BCUT2D eigenvalue weighted by molar-refractivity contribution is -0.109. The lowest BCUT2D eigenvalue weighted by atomic mass is 9.99. The first kappa shape index (κ1) is 8.53. The summed E-state index contributed by atoms with van der Waals surface area (Å²) >= 11 is 0. The van der Waals surface area contributed by atoms with Gasteiger partial charge in [-0.2, -0.15) is 0 Å². The van der Waals surface area contributed by atoms with Crippen LogP contribution in [-0.2, 0) is 4.79 Å². The van der Waals surface area contributed by atoms with E-state index < -0.39 is 0 Å². The molecule has 1 amide bonds. The van der Waals surface area contributed by atoms with Crippen LogP contribution in [0.25, 0.3) is 0 Å². The van der Waals surface area contributed by atoms with Crippen molar-refractivity contribution in [3.05, 3.63) is 0 Å². The van der Waals surface area contributed by atoms with E-state index in [0.29, 0.717) is 5.92 Å². The van der Waals surface area contributed by atoms with E-state index in [1.54, 1.807) is 0 Å². The Hall–Kier alpha value is -0.570. The lowest BCUT2D eigenvalue weighted by Gasteiger charge is -2.29. The highest BCUT2D eigenvalue weighted by molar-refractivity contribution is 5.45. The molecule has 0 spiro atoms. The molecule has 1 saturated heterocycles. The third-order valence-corrected chi connectivity index (χ3v) is 2.21. The van der Waals surface area contributed by atoms with Crippen molar-refractivity contribution in [2.75, 3.05) is 26.7 Å². The Labute approximate surface area is 67.8 Å². The molecular formula is C8H16N2O. The second-order valence-electron chi connectivity index (χ2n) is 3.30. The number of piperidine rings is 1. The van der Waals surface area contributed by atoms with E-state index in [0.717, 1.165) is 19.5 Å². The van der Waals surface area contributed by atoms with Gasteiger partial charge < -0.3 is 10.2 Å². The zero-order valence-electron chi connectivity index (χ0n) is 7.05. The first-order chi connectivity index (χ1) is 5.33. The summed E-state index contributed by atoms with van der Waals surface area (Å²) in [5, 5.41) is 2.73. The van der Waals surface area contributed by atoms with Crippen molar-refractivity contribution in [1.29, 1.82) is 0 Å². The zero-order chi connectivity index (χ0) is 8.10. The molecule has 1 aliphatic heterocycles. The largest absolute Gasteiger partial charge is 0.358 e. The number of hydrogen-bond donors (Lipinski definition) is 1. The number of rotatable bonds is 3. The number of nitrogens with zero attached hydrogens (tertiary/aromatic N) is 1. The Bertz CT molecular complexity index is 127. The molecule has 1 fully saturated rings. The summed E-state index contributed by atoms with van der Waals surface area (Å²) < 4.78 is 0. The summed E-state index contributed by atoms with van der Waals surface area (Å²) in [6, 6.07) is 0. The van der Waals surface area contributed by atoms with Gasteiger partial charge in [-0.05, 0) is 32.4 Å². The Morgan fingerprint density at radius 1 is 1.73 bits per heavy atom. The maximum atomic E-state index is 10.0. The van der Waals surface area contributed by atoms with Crippen molar-refractivity contribution < 1.29 is 4.79 Å². The van der Waals surface area contributed by atoms with E-state index in [-0.39, 0.29) is 0 Å². The molecule has 0 aromatic carbocycles. The highest BCUT2D eigenvalue weighted by atomic mass is 16.1. The average Bonchev–Trinajstić information content (AvgIpc) is 2.01. The van der Waals surface area contributed by atoms with Gasteiger partial charge in [-0.15, -0.1) is 0 Å². The van der Waals surface area contributed by atoms with Crippen LogP contribution in [0.4, 0.5) is 0 Å². The van der Waals surface area contributed by atoms with Crippen molar-refractivity contribution in [1.82, 2.24) is 10.2 Å². The number of carbonyl (C=O) groups excluding carboxylic acids is 1. The lowest BCUT2D eigenvalue weighted by Crippen LogP contribution is -2.36. The van der Waals surface area contributed by atoms with Gasteiger partial charge in [0.15, 0.2) is 0 Å². The summed E-state index contributed by atoms with van der Waals surface area (Å²) in [5.41, 5.74) is 0. The van der Waals surface area contributed by atoms with Gasteiger partial charge in [0.25, 0.3) is 0 Å². The SMILES string of the molecule is CN1CCCC(CNC=O)C1. The molecule has 11 heavy (non-hydrogen) atoms. The monoisotopic (exact) mass is 156 g/mol. The quantitative estimate of drug-likeness (QED) is 0.587. The maximum absolute atomic E-state index is 10.0. The average molecular weight is 156 g/mol. The van der Waals surface area contributed by atoms with E-state index in [4.69, 9.17) is 0 Å². The standard InChI is InChI=1S/C8H16N2O/c1-10-4-2-3-8(6-10)5-9-7-11/h7-8H,2-6H2,1H3,(H,9,11). The van der Waals surface area contributed by atoms with E-state index in [9.17, 15) is 4.79 Å². The van der Waals surface area contributed by atoms with Crippen LogP contribution in [0.1, 0.15) is 12.8 Å². The van der Waals surface area contributed by atoms with Gasteiger partial charge in [-0.3, -0.25) is 4.79 Å². The van der Waals surface area contributed by atoms with Crippen molar-refractivity contribution in [2.45, 2.75) is 12.8 Å². The summed E-state index contributed by atoms with van der Waals surface area (Å²) in [6.45, 7) is 3.17. The van der Waals surface area contributed by atoms with Crippen molar-refractivity contribution in [3.63, 3.8) is 0 Å². The summed E-state index contributed by atoms with van der Waals surface area (Å²) in [4.78, 5) is 12.3. The van der Waals surface area contributed by atoms with Crippen molar-refractivity contribution in [3.8, 4) is 0 Å². The van der Waals surface area contributed by atoms with E-state index in [1.807, 2.05) is 0 Å². The summed E-state index contributed by atoms with van der Waals surface area (Å²) in [5.74, 6) is 0.666. The van der Waals surface area contributed by atoms with Crippen molar-refractivity contribution >= 4 is 6.41 Å². The molecular weight excluding hydrogens is 140 g/mol. The Balaban J connectivity index is 2.17. The number of amides is 1. The van der Waals surface area contributed by atoms with Gasteiger partial charge in [0, 0.05) is 13.1 Å². The second-order valence-corrected chi connectivity index (χ2v) is 3.30. The van der Waals surface area contributed by atoms with Crippen LogP contribution in [0.2, 0.25) is 0 Å². The predicted molar refractivity (Wildman–Crippen MR) is 44.3 cm³/mol. The number of likely N-dealkylation sites (tertiary alicyclic amines) is 1. The first-order valence-corrected chi connectivity index (χ1v) is 4.18. The number of hydrogen-bond acceptors (Lipinski definition) is 2. The Kier molecular flexibility index (Phi) is 3.36. The molecule has 3 nitrogen and oxygen atoms in total. The smallest absolute Gasteiger partial charge is 0.207 e. The Morgan fingerprint density at radius 2 is 2.55 bits per heavy atom. The maximum Gasteiger partial charge on any atom is 0.207 e. The molecule has 0 aromatic rings. The fourth-order valence-electron chi connectivity index (χ4n) is 1.65. The molecule has 0 radical (unpaired) electrons. The topological polar surface area (TPSA) is 32.3 Å². The first-order valence-electron chi connectivity index (χ1n) is 4.18. The minimum atomic E-state index is 0.666. The highest BCUT2D eigenvalue weighted by Crippen LogP contribution is 2.13. The van der Waals surface area contributed by atoms with Crippen LogP contribution in [0.5, 0.6) is 0 Å². The van der Waals surface area contributed by atoms with Crippen LogP contribution < -0.4 is 5.32 Å². The molecule has 0 saturated carbocycles.